The van der Waals surface area contributed by atoms with Gasteiger partial charge in [0.15, 0.2) is 5.13 Å². The SMILES string of the molecule is CC(C)CN(CC(=O)Nc1nc(CC(=O)N2CCc3ccccc3C2)cs1)C(=O)c1ccc(F)cc1. The molecule has 3 amide bonds. The van der Waals surface area contributed by atoms with E-state index in [0.29, 0.717) is 36.0 Å². The molecule has 1 aliphatic rings. The molecule has 0 saturated carbocycles. The topological polar surface area (TPSA) is 82.6 Å². The predicted molar refractivity (Wildman–Crippen MR) is 137 cm³/mol. The number of thiazole rings is 1. The Kier molecular flexibility index (Phi) is 8.10. The Morgan fingerprint density at radius 2 is 1.83 bits per heavy atom. The van der Waals surface area contributed by atoms with Gasteiger partial charge in [0.05, 0.1) is 12.1 Å². The molecule has 1 N–H and O–H groups in total. The number of carbonyl (C=O) groups excluding carboxylic acids is 3. The van der Waals surface area contributed by atoms with Crippen LogP contribution >= 0.6 is 11.3 Å². The summed E-state index contributed by atoms with van der Waals surface area (Å²) in [6, 6.07) is 13.4. The molecule has 3 aromatic rings. The van der Waals surface area contributed by atoms with Crippen LogP contribution in [0.2, 0.25) is 0 Å². The quantitative estimate of drug-likeness (QED) is 0.496. The molecule has 9 heteroatoms. The standard InChI is InChI=1S/C27H29FN4O3S/c1-18(2)14-32(26(35)20-7-9-22(28)10-8-20)16-24(33)30-27-29-23(17-36-27)13-25(34)31-12-11-19-5-3-4-6-21(19)15-31/h3-10,17-18H,11-16H2,1-2H3,(H,29,30,33). The molecule has 0 bridgehead atoms. The number of anilines is 1. The number of hydrogen-bond donors (Lipinski definition) is 1. The van der Waals surface area contributed by atoms with Gasteiger partial charge in [-0.05, 0) is 47.7 Å². The lowest BCUT2D eigenvalue weighted by molar-refractivity contribution is -0.131. The monoisotopic (exact) mass is 508 g/mol. The second-order valence-corrected chi connectivity index (χ2v) is 10.1. The first-order valence-electron chi connectivity index (χ1n) is 11.9. The van der Waals surface area contributed by atoms with Crippen molar-refractivity contribution in [2.24, 2.45) is 5.92 Å². The summed E-state index contributed by atoms with van der Waals surface area (Å²) in [7, 11) is 0. The van der Waals surface area contributed by atoms with Gasteiger partial charge in [0.1, 0.15) is 12.4 Å². The molecule has 0 spiro atoms. The van der Waals surface area contributed by atoms with Crippen molar-refractivity contribution in [1.29, 1.82) is 0 Å². The van der Waals surface area contributed by atoms with Gasteiger partial charge in [0, 0.05) is 30.6 Å². The average molecular weight is 509 g/mol. The number of carbonyl (C=O) groups is 3. The van der Waals surface area contributed by atoms with Crippen LogP contribution in [0.1, 0.15) is 41.0 Å². The smallest absolute Gasteiger partial charge is 0.254 e. The van der Waals surface area contributed by atoms with Crippen molar-refractivity contribution in [3.8, 4) is 0 Å². The van der Waals surface area contributed by atoms with E-state index in [0.717, 1.165) is 6.42 Å². The highest BCUT2D eigenvalue weighted by Crippen LogP contribution is 2.21. The van der Waals surface area contributed by atoms with Crippen molar-refractivity contribution >= 4 is 34.2 Å². The fourth-order valence-corrected chi connectivity index (χ4v) is 4.91. The van der Waals surface area contributed by atoms with Gasteiger partial charge in [0.25, 0.3) is 5.91 Å². The van der Waals surface area contributed by atoms with E-state index in [-0.39, 0.29) is 36.6 Å². The van der Waals surface area contributed by atoms with Crippen molar-refractivity contribution in [2.45, 2.75) is 33.2 Å². The van der Waals surface area contributed by atoms with Crippen LogP contribution in [0.3, 0.4) is 0 Å². The molecule has 1 aliphatic heterocycles. The molecule has 188 valence electrons. The molecule has 0 unspecified atom stereocenters. The minimum atomic E-state index is -0.428. The third-order valence-corrected chi connectivity index (χ3v) is 6.72. The lowest BCUT2D eigenvalue weighted by Gasteiger charge is -2.28. The molecule has 4 rings (SSSR count). The number of nitrogens with zero attached hydrogens (tertiary/aromatic N) is 3. The number of rotatable bonds is 8. The molecule has 0 fully saturated rings. The van der Waals surface area contributed by atoms with Crippen LogP contribution in [0.5, 0.6) is 0 Å². The van der Waals surface area contributed by atoms with Crippen molar-refractivity contribution in [3.05, 3.63) is 82.1 Å². The molecule has 1 aromatic heterocycles. The highest BCUT2D eigenvalue weighted by atomic mass is 32.1. The Morgan fingerprint density at radius 1 is 1.11 bits per heavy atom. The van der Waals surface area contributed by atoms with E-state index in [4.69, 9.17) is 0 Å². The van der Waals surface area contributed by atoms with Gasteiger partial charge in [-0.15, -0.1) is 11.3 Å². The molecular formula is C27H29FN4O3S. The number of benzene rings is 2. The fourth-order valence-electron chi connectivity index (χ4n) is 4.19. The number of halogens is 1. The van der Waals surface area contributed by atoms with Crippen LogP contribution in [0, 0.1) is 11.7 Å². The first-order valence-corrected chi connectivity index (χ1v) is 12.8. The van der Waals surface area contributed by atoms with E-state index in [1.54, 1.807) is 5.38 Å². The van der Waals surface area contributed by atoms with Crippen molar-refractivity contribution in [1.82, 2.24) is 14.8 Å². The molecule has 0 atom stereocenters. The predicted octanol–water partition coefficient (Wildman–Crippen LogP) is 4.15. The van der Waals surface area contributed by atoms with Crippen LogP contribution in [0.25, 0.3) is 0 Å². The van der Waals surface area contributed by atoms with Gasteiger partial charge >= 0.3 is 0 Å². The Bertz CT molecular complexity index is 1240. The fraction of sp³-hybridized carbons (Fsp3) is 0.333. The van der Waals surface area contributed by atoms with Crippen molar-refractivity contribution < 1.29 is 18.8 Å². The first-order chi connectivity index (χ1) is 17.3. The maximum absolute atomic E-state index is 13.2. The minimum absolute atomic E-state index is 0.000632. The van der Waals surface area contributed by atoms with Gasteiger partial charge in [-0.2, -0.15) is 0 Å². The zero-order chi connectivity index (χ0) is 25.7. The summed E-state index contributed by atoms with van der Waals surface area (Å²) in [5, 5.41) is 4.88. The third-order valence-electron chi connectivity index (χ3n) is 5.91. The van der Waals surface area contributed by atoms with E-state index in [1.807, 2.05) is 30.9 Å². The van der Waals surface area contributed by atoms with E-state index in [2.05, 4.69) is 22.4 Å². The minimum Gasteiger partial charge on any atom is -0.338 e. The molecule has 0 aliphatic carbocycles. The Labute approximate surface area is 213 Å². The summed E-state index contributed by atoms with van der Waals surface area (Å²) in [5.74, 6) is -1.01. The van der Waals surface area contributed by atoms with E-state index < -0.39 is 5.82 Å². The summed E-state index contributed by atoms with van der Waals surface area (Å²) < 4.78 is 13.2. The van der Waals surface area contributed by atoms with Gasteiger partial charge in [-0.1, -0.05) is 38.1 Å². The van der Waals surface area contributed by atoms with Gasteiger partial charge in [-0.25, -0.2) is 9.37 Å². The lowest BCUT2D eigenvalue weighted by atomic mass is 10.00. The van der Waals surface area contributed by atoms with E-state index in [1.165, 1.54) is 51.6 Å². The van der Waals surface area contributed by atoms with Crippen molar-refractivity contribution in [2.75, 3.05) is 25.0 Å². The maximum Gasteiger partial charge on any atom is 0.254 e. The largest absolute Gasteiger partial charge is 0.338 e. The Morgan fingerprint density at radius 3 is 2.56 bits per heavy atom. The van der Waals surface area contributed by atoms with Crippen LogP contribution < -0.4 is 5.32 Å². The summed E-state index contributed by atoms with van der Waals surface area (Å²) in [6.45, 7) is 5.39. The van der Waals surface area contributed by atoms with Crippen LogP contribution in [-0.2, 0) is 29.0 Å². The molecule has 7 nitrogen and oxygen atoms in total. The molecule has 2 heterocycles. The highest BCUT2D eigenvalue weighted by molar-refractivity contribution is 7.13. The summed E-state index contributed by atoms with van der Waals surface area (Å²) in [5.41, 5.74) is 3.37. The summed E-state index contributed by atoms with van der Waals surface area (Å²) in [6.07, 6.45) is 1.00. The number of hydrogen-bond acceptors (Lipinski definition) is 5. The number of fused-ring (bicyclic) bond motifs is 1. The van der Waals surface area contributed by atoms with Crippen LogP contribution in [0.15, 0.2) is 53.9 Å². The normalized spacial score (nSPS) is 12.8. The maximum atomic E-state index is 13.2. The third kappa shape index (κ3) is 6.54. The van der Waals surface area contributed by atoms with Gasteiger partial charge < -0.3 is 15.1 Å². The second-order valence-electron chi connectivity index (χ2n) is 9.29. The number of nitrogens with one attached hydrogen (secondary N) is 1. The summed E-state index contributed by atoms with van der Waals surface area (Å²) >= 11 is 1.24. The summed E-state index contributed by atoms with van der Waals surface area (Å²) in [4.78, 5) is 46.1. The van der Waals surface area contributed by atoms with Gasteiger partial charge in [-0.3, -0.25) is 14.4 Å². The van der Waals surface area contributed by atoms with E-state index >= 15 is 0 Å². The molecular weight excluding hydrogens is 479 g/mol. The van der Waals surface area contributed by atoms with Crippen LogP contribution in [0.4, 0.5) is 9.52 Å². The Balaban J connectivity index is 1.33. The van der Waals surface area contributed by atoms with Crippen molar-refractivity contribution in [3.63, 3.8) is 0 Å². The highest BCUT2D eigenvalue weighted by Gasteiger charge is 2.23. The van der Waals surface area contributed by atoms with Crippen LogP contribution in [-0.4, -0.2) is 52.1 Å². The molecule has 2 aromatic carbocycles. The average Bonchev–Trinajstić information content (AvgIpc) is 3.29. The van der Waals surface area contributed by atoms with E-state index in [9.17, 15) is 18.8 Å². The first kappa shape index (κ1) is 25.5. The zero-order valence-corrected chi connectivity index (χ0v) is 21.2. The zero-order valence-electron chi connectivity index (χ0n) is 20.4. The molecule has 36 heavy (non-hydrogen) atoms. The number of amides is 3. The molecule has 0 saturated heterocycles. The lowest BCUT2D eigenvalue weighted by Crippen LogP contribution is -2.40. The molecule has 0 radical (unpaired) electrons. The number of aromatic nitrogens is 1. The van der Waals surface area contributed by atoms with Gasteiger partial charge in [0.2, 0.25) is 11.8 Å². The Hall–Kier alpha value is -3.59. The second kappa shape index (κ2) is 11.4.